The minimum Gasteiger partial charge on any atom is -0.497 e. The van der Waals surface area contributed by atoms with Gasteiger partial charge in [0.25, 0.3) is 5.56 Å². The van der Waals surface area contributed by atoms with Crippen LogP contribution in [0.1, 0.15) is 24.4 Å². The first kappa shape index (κ1) is 19.3. The van der Waals surface area contributed by atoms with E-state index in [1.165, 1.54) is 28.2 Å². The number of rotatable bonds is 4. The van der Waals surface area contributed by atoms with Crippen molar-refractivity contribution < 1.29 is 13.2 Å². The SMILES string of the molecule is COc1ccc(C2CCCN2S(=O)(=O)c2cnc3c(c2)c(=O)[nH]c(=O)n3C)cc1. The lowest BCUT2D eigenvalue weighted by Crippen LogP contribution is -2.32. The standard InChI is InChI=1S/C19H20N4O5S/c1-22-17-15(18(24)21-19(22)25)10-14(11-20-17)29(26,27)23-9-3-4-16(23)12-5-7-13(28-2)8-6-12/h5-8,10-11,16H,3-4,9H2,1-2H3,(H,21,24,25). The third-order valence-corrected chi connectivity index (χ3v) is 7.11. The monoisotopic (exact) mass is 416 g/mol. The van der Waals surface area contributed by atoms with Gasteiger partial charge in [-0.2, -0.15) is 4.31 Å². The van der Waals surface area contributed by atoms with Gasteiger partial charge >= 0.3 is 5.69 Å². The summed E-state index contributed by atoms with van der Waals surface area (Å²) in [6.07, 6.45) is 2.62. The molecule has 1 fully saturated rings. The number of sulfonamides is 1. The molecule has 0 spiro atoms. The van der Waals surface area contributed by atoms with E-state index in [-0.39, 0.29) is 22.0 Å². The normalized spacial score (nSPS) is 17.7. The predicted octanol–water partition coefficient (Wildman–Crippen LogP) is 1.16. The van der Waals surface area contributed by atoms with E-state index in [0.717, 1.165) is 12.0 Å². The topological polar surface area (TPSA) is 114 Å². The van der Waals surface area contributed by atoms with E-state index in [9.17, 15) is 18.0 Å². The second-order valence-corrected chi connectivity index (χ2v) is 8.80. The number of ether oxygens (including phenoxy) is 1. The number of nitrogens with zero attached hydrogens (tertiary/aromatic N) is 3. The van der Waals surface area contributed by atoms with Gasteiger partial charge in [-0.1, -0.05) is 12.1 Å². The molecule has 9 nitrogen and oxygen atoms in total. The van der Waals surface area contributed by atoms with Crippen molar-refractivity contribution in [2.45, 2.75) is 23.8 Å². The van der Waals surface area contributed by atoms with Gasteiger partial charge in [0.2, 0.25) is 10.0 Å². The third kappa shape index (κ3) is 3.23. The molecule has 29 heavy (non-hydrogen) atoms. The van der Waals surface area contributed by atoms with Crippen molar-refractivity contribution in [3.63, 3.8) is 0 Å². The number of fused-ring (bicyclic) bond motifs is 1. The summed E-state index contributed by atoms with van der Waals surface area (Å²) in [6, 6.07) is 8.29. The Hall–Kier alpha value is -2.98. The zero-order chi connectivity index (χ0) is 20.8. The summed E-state index contributed by atoms with van der Waals surface area (Å²) in [7, 11) is -0.848. The number of pyridine rings is 1. The second kappa shape index (κ2) is 7.12. The molecule has 10 heteroatoms. The summed E-state index contributed by atoms with van der Waals surface area (Å²) in [5, 5.41) is 0.0494. The molecule has 3 heterocycles. The Morgan fingerprint density at radius 3 is 2.62 bits per heavy atom. The van der Waals surface area contributed by atoms with E-state index in [1.54, 1.807) is 19.2 Å². The van der Waals surface area contributed by atoms with E-state index in [1.807, 2.05) is 12.1 Å². The highest BCUT2D eigenvalue weighted by Gasteiger charge is 2.36. The highest BCUT2D eigenvalue weighted by molar-refractivity contribution is 7.89. The maximum absolute atomic E-state index is 13.3. The first-order valence-electron chi connectivity index (χ1n) is 9.08. The molecule has 1 N–H and O–H groups in total. The number of H-pyrrole nitrogens is 1. The molecular formula is C19H20N4O5S. The molecule has 0 aliphatic carbocycles. The molecule has 1 atom stereocenters. The van der Waals surface area contributed by atoms with Crippen LogP contribution in [-0.4, -0.2) is 40.9 Å². The lowest BCUT2D eigenvalue weighted by Gasteiger charge is -2.24. The molecule has 0 bridgehead atoms. The molecule has 1 aliphatic rings. The number of aromatic amines is 1. The van der Waals surface area contributed by atoms with Crippen LogP contribution in [0.4, 0.5) is 0 Å². The summed E-state index contributed by atoms with van der Waals surface area (Å²) in [5.74, 6) is 0.699. The van der Waals surface area contributed by atoms with Crippen LogP contribution in [-0.2, 0) is 17.1 Å². The van der Waals surface area contributed by atoms with Crippen LogP contribution in [0, 0.1) is 0 Å². The summed E-state index contributed by atoms with van der Waals surface area (Å²) in [6.45, 7) is 0.376. The predicted molar refractivity (Wildman–Crippen MR) is 106 cm³/mol. The fraction of sp³-hybridized carbons (Fsp3) is 0.316. The minimum absolute atomic E-state index is 0.0494. The molecule has 1 aliphatic heterocycles. The lowest BCUT2D eigenvalue weighted by atomic mass is 10.1. The Balaban J connectivity index is 1.77. The second-order valence-electron chi connectivity index (χ2n) is 6.91. The van der Waals surface area contributed by atoms with Gasteiger partial charge in [-0.15, -0.1) is 0 Å². The van der Waals surface area contributed by atoms with E-state index < -0.39 is 21.3 Å². The van der Waals surface area contributed by atoms with E-state index >= 15 is 0 Å². The number of aromatic nitrogens is 3. The van der Waals surface area contributed by atoms with Gasteiger partial charge in [0.05, 0.1) is 18.5 Å². The zero-order valence-corrected chi connectivity index (χ0v) is 16.8. The van der Waals surface area contributed by atoms with Crippen LogP contribution < -0.4 is 16.0 Å². The molecule has 3 aromatic rings. The number of hydrogen-bond acceptors (Lipinski definition) is 6. The Morgan fingerprint density at radius 2 is 1.93 bits per heavy atom. The van der Waals surface area contributed by atoms with Crippen LogP contribution in [0.25, 0.3) is 11.0 Å². The first-order valence-corrected chi connectivity index (χ1v) is 10.5. The maximum Gasteiger partial charge on any atom is 0.329 e. The molecule has 0 amide bonds. The number of nitrogens with one attached hydrogen (secondary N) is 1. The Morgan fingerprint density at radius 1 is 1.21 bits per heavy atom. The van der Waals surface area contributed by atoms with Crippen molar-refractivity contribution in [2.24, 2.45) is 7.05 Å². The molecule has 1 unspecified atom stereocenters. The van der Waals surface area contributed by atoms with Crippen LogP contribution in [0.3, 0.4) is 0 Å². The highest BCUT2D eigenvalue weighted by Crippen LogP contribution is 2.37. The minimum atomic E-state index is -3.88. The molecule has 1 saturated heterocycles. The summed E-state index contributed by atoms with van der Waals surface area (Å²) in [4.78, 5) is 30.1. The molecule has 0 saturated carbocycles. The fourth-order valence-electron chi connectivity index (χ4n) is 3.68. The summed E-state index contributed by atoms with van der Waals surface area (Å²) in [5.41, 5.74) is -0.266. The molecule has 4 rings (SSSR count). The van der Waals surface area contributed by atoms with Gasteiger partial charge in [0.15, 0.2) is 0 Å². The van der Waals surface area contributed by atoms with E-state index in [4.69, 9.17) is 4.74 Å². The number of benzene rings is 1. The van der Waals surface area contributed by atoms with Crippen LogP contribution in [0.5, 0.6) is 5.75 Å². The first-order chi connectivity index (χ1) is 13.8. The van der Waals surface area contributed by atoms with Gasteiger partial charge in [-0.3, -0.25) is 14.3 Å². The van der Waals surface area contributed by atoms with E-state index in [2.05, 4.69) is 9.97 Å². The smallest absolute Gasteiger partial charge is 0.329 e. The lowest BCUT2D eigenvalue weighted by molar-refractivity contribution is 0.394. The van der Waals surface area contributed by atoms with Crippen molar-refractivity contribution in [3.05, 3.63) is 62.9 Å². The molecule has 0 radical (unpaired) electrons. The molecular weight excluding hydrogens is 396 g/mol. The highest BCUT2D eigenvalue weighted by atomic mass is 32.2. The number of hydrogen-bond donors (Lipinski definition) is 1. The van der Waals surface area contributed by atoms with Crippen molar-refractivity contribution in [1.82, 2.24) is 18.8 Å². The maximum atomic E-state index is 13.3. The van der Waals surface area contributed by atoms with Crippen molar-refractivity contribution in [2.75, 3.05) is 13.7 Å². The molecule has 1 aromatic carbocycles. The Kier molecular flexibility index (Phi) is 4.75. The van der Waals surface area contributed by atoms with Gasteiger partial charge in [-0.25, -0.2) is 18.2 Å². The average molecular weight is 416 g/mol. The fourth-order valence-corrected chi connectivity index (χ4v) is 5.34. The Bertz CT molecular complexity index is 1290. The van der Waals surface area contributed by atoms with Crippen LogP contribution in [0.15, 0.2) is 51.0 Å². The average Bonchev–Trinajstić information content (AvgIpc) is 3.22. The van der Waals surface area contributed by atoms with Gasteiger partial charge in [-0.05, 0) is 36.6 Å². The summed E-state index contributed by atoms with van der Waals surface area (Å²) >= 11 is 0. The Labute approximate surface area is 166 Å². The molecule has 2 aromatic heterocycles. The number of aryl methyl sites for hydroxylation is 1. The van der Waals surface area contributed by atoms with Crippen molar-refractivity contribution in [1.29, 1.82) is 0 Å². The van der Waals surface area contributed by atoms with Crippen molar-refractivity contribution >= 4 is 21.1 Å². The molecule has 152 valence electrons. The zero-order valence-electron chi connectivity index (χ0n) is 16.0. The quantitative estimate of drug-likeness (QED) is 0.683. The van der Waals surface area contributed by atoms with Crippen LogP contribution in [0.2, 0.25) is 0 Å². The number of methoxy groups -OCH3 is 1. The van der Waals surface area contributed by atoms with Gasteiger partial charge < -0.3 is 4.74 Å². The summed E-state index contributed by atoms with van der Waals surface area (Å²) < 4.78 is 34.4. The third-order valence-electron chi connectivity index (χ3n) is 5.24. The van der Waals surface area contributed by atoms with E-state index in [0.29, 0.717) is 18.7 Å². The van der Waals surface area contributed by atoms with Crippen molar-refractivity contribution in [3.8, 4) is 5.75 Å². The van der Waals surface area contributed by atoms with Crippen LogP contribution >= 0.6 is 0 Å². The largest absolute Gasteiger partial charge is 0.497 e. The van der Waals surface area contributed by atoms with Gasteiger partial charge in [0, 0.05) is 19.8 Å². The van der Waals surface area contributed by atoms with Gasteiger partial charge in [0.1, 0.15) is 16.3 Å².